The summed E-state index contributed by atoms with van der Waals surface area (Å²) in [6.45, 7) is 9.71. The molecule has 0 spiro atoms. The molecule has 1 aromatic heterocycles. The Bertz CT molecular complexity index is 705. The molecule has 2 aromatic rings. The van der Waals surface area contributed by atoms with Crippen molar-refractivity contribution in [1.82, 2.24) is 20.5 Å². The lowest BCUT2D eigenvalue weighted by molar-refractivity contribution is 0.238. The Morgan fingerprint density at radius 2 is 1.89 bits per heavy atom. The molecule has 2 rings (SSSR count). The van der Waals surface area contributed by atoms with Crippen LogP contribution in [0.2, 0.25) is 0 Å². The van der Waals surface area contributed by atoms with Crippen molar-refractivity contribution in [3.8, 4) is 0 Å². The number of nitrogens with zero attached hydrogens (tertiary/aromatic N) is 3. The maximum absolute atomic E-state index is 4.67. The quantitative estimate of drug-likeness (QED) is 0.314. The predicted molar refractivity (Wildman–Crippen MR) is 129 cm³/mol. The van der Waals surface area contributed by atoms with E-state index in [1.54, 1.807) is 0 Å². The molecule has 0 aliphatic carbocycles. The number of aliphatic imine (C=N–C) groups is 1. The van der Waals surface area contributed by atoms with Gasteiger partial charge in [0, 0.05) is 31.9 Å². The number of rotatable bonds is 9. The minimum absolute atomic E-state index is 0. The normalized spacial score (nSPS) is 12.4. The number of aromatic nitrogens is 1. The molecular weight excluding hydrogens is 461 g/mol. The number of hydrogen-bond donors (Lipinski definition) is 2. The number of halogens is 1. The maximum Gasteiger partial charge on any atom is 0.191 e. The fourth-order valence-electron chi connectivity index (χ4n) is 2.83. The first kappa shape index (κ1) is 24.4. The van der Waals surface area contributed by atoms with Gasteiger partial charge < -0.3 is 10.6 Å². The monoisotopic (exact) mass is 495 g/mol. The Labute approximate surface area is 187 Å². The molecule has 0 amide bonds. The average molecular weight is 495 g/mol. The SMILES string of the molecule is CCNC(=NCc1ncccc1C)NCCC(C)N(C)Cc1ccccc1.I. The van der Waals surface area contributed by atoms with E-state index in [1.165, 1.54) is 11.1 Å². The zero-order valence-corrected chi connectivity index (χ0v) is 19.8. The van der Waals surface area contributed by atoms with Crippen molar-refractivity contribution in [2.24, 2.45) is 4.99 Å². The first-order valence-corrected chi connectivity index (χ1v) is 9.77. The Balaban J connectivity index is 0.00000392. The van der Waals surface area contributed by atoms with Crippen molar-refractivity contribution in [3.63, 3.8) is 0 Å². The Kier molecular flexibility index (Phi) is 11.7. The van der Waals surface area contributed by atoms with E-state index in [0.29, 0.717) is 12.6 Å². The maximum atomic E-state index is 4.67. The van der Waals surface area contributed by atoms with E-state index in [1.807, 2.05) is 12.3 Å². The lowest BCUT2D eigenvalue weighted by atomic mass is 10.1. The zero-order chi connectivity index (χ0) is 19.5. The lowest BCUT2D eigenvalue weighted by Crippen LogP contribution is -2.40. The van der Waals surface area contributed by atoms with E-state index >= 15 is 0 Å². The van der Waals surface area contributed by atoms with Crippen molar-refractivity contribution in [2.75, 3.05) is 20.1 Å². The molecule has 0 saturated carbocycles. The van der Waals surface area contributed by atoms with E-state index in [4.69, 9.17) is 0 Å². The van der Waals surface area contributed by atoms with Crippen LogP contribution in [0.5, 0.6) is 0 Å². The molecule has 0 aliphatic rings. The summed E-state index contributed by atoms with van der Waals surface area (Å²) < 4.78 is 0. The van der Waals surface area contributed by atoms with Crippen LogP contribution in [0.1, 0.15) is 37.1 Å². The van der Waals surface area contributed by atoms with Gasteiger partial charge in [0.1, 0.15) is 0 Å². The molecule has 1 atom stereocenters. The second-order valence-corrected chi connectivity index (χ2v) is 6.93. The number of pyridine rings is 1. The third-order valence-corrected chi connectivity index (χ3v) is 4.73. The van der Waals surface area contributed by atoms with E-state index in [-0.39, 0.29) is 24.0 Å². The van der Waals surface area contributed by atoms with Gasteiger partial charge in [-0.05, 0) is 51.4 Å². The van der Waals surface area contributed by atoms with E-state index in [9.17, 15) is 0 Å². The topological polar surface area (TPSA) is 52.6 Å². The molecular formula is C22H34IN5. The van der Waals surface area contributed by atoms with Crippen molar-refractivity contribution < 1.29 is 0 Å². The molecule has 0 aliphatic heterocycles. The number of hydrogen-bond acceptors (Lipinski definition) is 3. The molecule has 154 valence electrons. The Morgan fingerprint density at radius 3 is 2.57 bits per heavy atom. The van der Waals surface area contributed by atoms with Crippen LogP contribution < -0.4 is 10.6 Å². The number of aryl methyl sites for hydroxylation is 1. The van der Waals surface area contributed by atoms with Crippen LogP contribution in [0.15, 0.2) is 53.7 Å². The summed E-state index contributed by atoms with van der Waals surface area (Å²) in [4.78, 5) is 11.5. The van der Waals surface area contributed by atoms with Crippen molar-refractivity contribution >= 4 is 29.9 Å². The largest absolute Gasteiger partial charge is 0.357 e. The van der Waals surface area contributed by atoms with Crippen LogP contribution in [0, 0.1) is 6.92 Å². The van der Waals surface area contributed by atoms with E-state index < -0.39 is 0 Å². The summed E-state index contributed by atoms with van der Waals surface area (Å²) in [7, 11) is 2.18. The van der Waals surface area contributed by atoms with Gasteiger partial charge in [0.05, 0.1) is 12.2 Å². The molecule has 0 radical (unpaired) electrons. The number of guanidine groups is 1. The number of nitrogens with one attached hydrogen (secondary N) is 2. The smallest absolute Gasteiger partial charge is 0.191 e. The van der Waals surface area contributed by atoms with E-state index in [0.717, 1.165) is 37.7 Å². The third-order valence-electron chi connectivity index (χ3n) is 4.73. The Morgan fingerprint density at radius 1 is 1.14 bits per heavy atom. The van der Waals surface area contributed by atoms with Gasteiger partial charge in [-0.1, -0.05) is 36.4 Å². The highest BCUT2D eigenvalue weighted by molar-refractivity contribution is 14.0. The van der Waals surface area contributed by atoms with Crippen LogP contribution in [-0.2, 0) is 13.1 Å². The average Bonchev–Trinajstić information content (AvgIpc) is 2.67. The second-order valence-electron chi connectivity index (χ2n) is 6.93. The van der Waals surface area contributed by atoms with Crippen LogP contribution in [0.4, 0.5) is 0 Å². The molecule has 0 fully saturated rings. The van der Waals surface area contributed by atoms with Gasteiger partial charge in [-0.25, -0.2) is 4.99 Å². The molecule has 2 N–H and O–H groups in total. The minimum atomic E-state index is 0. The zero-order valence-electron chi connectivity index (χ0n) is 17.5. The summed E-state index contributed by atoms with van der Waals surface area (Å²) in [6, 6.07) is 15.1. The Hall–Kier alpha value is -1.67. The number of benzene rings is 1. The van der Waals surface area contributed by atoms with Crippen molar-refractivity contribution in [2.45, 2.75) is 46.3 Å². The van der Waals surface area contributed by atoms with Crippen LogP contribution in [0.25, 0.3) is 0 Å². The fraction of sp³-hybridized carbons (Fsp3) is 0.455. The highest BCUT2D eigenvalue weighted by atomic mass is 127. The van der Waals surface area contributed by atoms with Crippen molar-refractivity contribution in [3.05, 3.63) is 65.5 Å². The van der Waals surface area contributed by atoms with Gasteiger partial charge in [0.15, 0.2) is 5.96 Å². The summed E-state index contributed by atoms with van der Waals surface area (Å²) in [5, 5.41) is 6.76. The highest BCUT2D eigenvalue weighted by Gasteiger charge is 2.10. The van der Waals surface area contributed by atoms with Gasteiger partial charge in [-0.2, -0.15) is 0 Å². The van der Waals surface area contributed by atoms with Gasteiger partial charge >= 0.3 is 0 Å². The molecule has 1 heterocycles. The third kappa shape index (κ3) is 8.56. The van der Waals surface area contributed by atoms with Gasteiger partial charge in [-0.3, -0.25) is 9.88 Å². The molecule has 0 saturated heterocycles. The summed E-state index contributed by atoms with van der Waals surface area (Å²) in [6.07, 6.45) is 2.87. The summed E-state index contributed by atoms with van der Waals surface area (Å²) in [5.41, 5.74) is 3.54. The van der Waals surface area contributed by atoms with Gasteiger partial charge in [0.2, 0.25) is 0 Å². The molecule has 6 heteroatoms. The molecule has 28 heavy (non-hydrogen) atoms. The van der Waals surface area contributed by atoms with Crippen LogP contribution in [0.3, 0.4) is 0 Å². The standard InChI is InChI=1S/C22H33N5.HI/c1-5-23-22(26-16-21-18(2)10-9-14-24-21)25-15-13-19(3)27(4)17-20-11-7-6-8-12-20;/h6-12,14,19H,5,13,15-17H2,1-4H3,(H2,23,25,26);1H. The summed E-state index contributed by atoms with van der Waals surface area (Å²) >= 11 is 0. The second kappa shape index (κ2) is 13.5. The predicted octanol–water partition coefficient (Wildman–Crippen LogP) is 3.97. The van der Waals surface area contributed by atoms with Gasteiger partial charge in [0.25, 0.3) is 0 Å². The first-order valence-electron chi connectivity index (χ1n) is 9.77. The first-order chi connectivity index (χ1) is 13.1. The fourth-order valence-corrected chi connectivity index (χ4v) is 2.83. The minimum Gasteiger partial charge on any atom is -0.357 e. The van der Waals surface area contributed by atoms with Gasteiger partial charge in [-0.15, -0.1) is 24.0 Å². The lowest BCUT2D eigenvalue weighted by Gasteiger charge is -2.25. The molecule has 1 aromatic carbocycles. The van der Waals surface area contributed by atoms with E-state index in [2.05, 4.69) is 89.7 Å². The van der Waals surface area contributed by atoms with Crippen LogP contribution in [-0.4, -0.2) is 42.0 Å². The van der Waals surface area contributed by atoms with Crippen molar-refractivity contribution in [1.29, 1.82) is 0 Å². The highest BCUT2D eigenvalue weighted by Crippen LogP contribution is 2.08. The molecule has 1 unspecified atom stereocenters. The summed E-state index contributed by atoms with van der Waals surface area (Å²) in [5.74, 6) is 0.848. The molecule has 5 nitrogen and oxygen atoms in total. The molecule has 0 bridgehead atoms. The van der Waals surface area contributed by atoms with Crippen LogP contribution >= 0.6 is 24.0 Å².